The van der Waals surface area contributed by atoms with Crippen molar-refractivity contribution in [2.75, 3.05) is 39.2 Å². The fraction of sp³-hybridized carbons (Fsp3) is 0.562. The van der Waals surface area contributed by atoms with Crippen LogP contribution >= 0.6 is 0 Å². The highest BCUT2D eigenvalue weighted by Crippen LogP contribution is 2.31. The van der Waals surface area contributed by atoms with Crippen LogP contribution in [-0.4, -0.2) is 51.0 Å². The van der Waals surface area contributed by atoms with E-state index < -0.39 is 0 Å². The molecule has 4 nitrogen and oxygen atoms in total. The van der Waals surface area contributed by atoms with E-state index in [1.165, 1.54) is 0 Å². The van der Waals surface area contributed by atoms with Crippen LogP contribution < -0.4 is 9.64 Å². The van der Waals surface area contributed by atoms with E-state index >= 15 is 0 Å². The van der Waals surface area contributed by atoms with Crippen molar-refractivity contribution in [2.24, 2.45) is 0 Å². The number of ether oxygens (including phenoxy) is 1. The minimum atomic E-state index is 0.0351. The third kappa shape index (κ3) is 3.73. The van der Waals surface area contributed by atoms with Crippen LogP contribution in [0.15, 0.2) is 18.2 Å². The molecule has 1 atom stereocenters. The second-order valence-corrected chi connectivity index (χ2v) is 5.31. The van der Waals surface area contributed by atoms with E-state index in [0.29, 0.717) is 17.4 Å². The van der Waals surface area contributed by atoms with Gasteiger partial charge in [0, 0.05) is 19.1 Å². The molecule has 0 fully saturated rings. The number of anilines is 1. The van der Waals surface area contributed by atoms with Gasteiger partial charge in [0.05, 0.1) is 18.4 Å². The molecule has 0 radical (unpaired) electrons. The third-order valence-corrected chi connectivity index (χ3v) is 3.39. The molecule has 4 heteroatoms. The van der Waals surface area contributed by atoms with E-state index in [9.17, 15) is 4.79 Å². The van der Waals surface area contributed by atoms with E-state index in [0.717, 1.165) is 18.8 Å². The number of Topliss-reactive ketones (excluding diaryl/α,β-unsaturated/α-hetero) is 1. The Morgan fingerprint density at radius 1 is 1.35 bits per heavy atom. The average molecular weight is 278 g/mol. The molecule has 0 N–H and O–H groups in total. The Labute approximate surface area is 122 Å². The molecule has 20 heavy (non-hydrogen) atoms. The molecule has 1 aromatic carbocycles. The maximum absolute atomic E-state index is 12.0. The number of rotatable bonds is 7. The maximum Gasteiger partial charge on any atom is 0.165 e. The SMILES string of the molecule is CCN(c1cccc(OC)c1C(C)=O)C(C)CN(C)C. The molecular formula is C16H26N2O2. The number of hydrogen-bond donors (Lipinski definition) is 0. The molecule has 1 rings (SSSR count). The molecule has 1 aromatic rings. The van der Waals surface area contributed by atoms with Gasteiger partial charge in [0.15, 0.2) is 5.78 Å². The van der Waals surface area contributed by atoms with Crippen LogP contribution in [0.3, 0.4) is 0 Å². The first-order valence-corrected chi connectivity index (χ1v) is 7.01. The van der Waals surface area contributed by atoms with Crippen molar-refractivity contribution in [3.63, 3.8) is 0 Å². The molecule has 0 aromatic heterocycles. The lowest BCUT2D eigenvalue weighted by atomic mass is 10.1. The molecule has 1 unspecified atom stereocenters. The predicted octanol–water partition coefficient (Wildman–Crippen LogP) is 2.67. The topological polar surface area (TPSA) is 32.8 Å². The summed E-state index contributed by atoms with van der Waals surface area (Å²) in [6, 6.07) is 6.09. The molecule has 0 aliphatic heterocycles. The van der Waals surface area contributed by atoms with E-state index in [2.05, 4.69) is 37.7 Å². The van der Waals surface area contributed by atoms with Crippen molar-refractivity contribution in [1.82, 2.24) is 4.90 Å². The van der Waals surface area contributed by atoms with Crippen molar-refractivity contribution in [3.05, 3.63) is 23.8 Å². The first kappa shape index (κ1) is 16.5. The lowest BCUT2D eigenvalue weighted by molar-refractivity contribution is 0.101. The van der Waals surface area contributed by atoms with Gasteiger partial charge in [-0.15, -0.1) is 0 Å². The fourth-order valence-corrected chi connectivity index (χ4v) is 2.63. The average Bonchev–Trinajstić information content (AvgIpc) is 2.37. The highest BCUT2D eigenvalue weighted by atomic mass is 16.5. The second kappa shape index (κ2) is 7.29. The molecule has 0 saturated carbocycles. The zero-order valence-corrected chi connectivity index (χ0v) is 13.4. The predicted molar refractivity (Wildman–Crippen MR) is 84.0 cm³/mol. The number of likely N-dealkylation sites (N-methyl/N-ethyl adjacent to an activating group) is 2. The van der Waals surface area contributed by atoms with Crippen LogP contribution in [0, 0.1) is 0 Å². The molecule has 0 aliphatic carbocycles. The number of carbonyl (C=O) groups excluding carboxylic acids is 1. The van der Waals surface area contributed by atoms with Gasteiger partial charge >= 0.3 is 0 Å². The monoisotopic (exact) mass is 278 g/mol. The van der Waals surface area contributed by atoms with Crippen molar-refractivity contribution in [3.8, 4) is 5.75 Å². The summed E-state index contributed by atoms with van der Waals surface area (Å²) in [4.78, 5) is 16.4. The van der Waals surface area contributed by atoms with E-state index in [1.54, 1.807) is 14.0 Å². The molecule has 0 bridgehead atoms. The van der Waals surface area contributed by atoms with Gasteiger partial charge < -0.3 is 14.5 Å². The van der Waals surface area contributed by atoms with Crippen LogP contribution in [0.25, 0.3) is 0 Å². The van der Waals surface area contributed by atoms with Gasteiger partial charge in [0.25, 0.3) is 0 Å². The summed E-state index contributed by atoms with van der Waals surface area (Å²) in [7, 11) is 5.72. The summed E-state index contributed by atoms with van der Waals surface area (Å²) in [6.07, 6.45) is 0. The fourth-order valence-electron chi connectivity index (χ4n) is 2.63. The minimum Gasteiger partial charge on any atom is -0.496 e. The van der Waals surface area contributed by atoms with Crippen molar-refractivity contribution in [1.29, 1.82) is 0 Å². The largest absolute Gasteiger partial charge is 0.496 e. The summed E-state index contributed by atoms with van der Waals surface area (Å²) in [5.41, 5.74) is 1.62. The van der Waals surface area contributed by atoms with Crippen LogP contribution in [0.1, 0.15) is 31.1 Å². The summed E-state index contributed by atoms with van der Waals surface area (Å²) in [5, 5.41) is 0. The number of ketones is 1. The van der Waals surface area contributed by atoms with E-state index in [4.69, 9.17) is 4.74 Å². The first-order chi connectivity index (χ1) is 9.42. The van der Waals surface area contributed by atoms with Crippen molar-refractivity contribution >= 4 is 11.5 Å². The molecule has 0 saturated heterocycles. The van der Waals surface area contributed by atoms with Gasteiger partial charge in [0.2, 0.25) is 0 Å². The van der Waals surface area contributed by atoms with Crippen molar-refractivity contribution in [2.45, 2.75) is 26.8 Å². The molecule has 112 valence electrons. The van der Waals surface area contributed by atoms with Crippen LogP contribution in [-0.2, 0) is 0 Å². The van der Waals surface area contributed by atoms with E-state index in [1.807, 2.05) is 18.2 Å². The Balaban J connectivity index is 3.24. The number of benzene rings is 1. The Kier molecular flexibility index (Phi) is 6.02. The first-order valence-electron chi connectivity index (χ1n) is 7.01. The number of carbonyl (C=O) groups is 1. The molecule has 0 spiro atoms. The Bertz CT molecular complexity index is 458. The van der Waals surface area contributed by atoms with Crippen LogP contribution in [0.2, 0.25) is 0 Å². The lowest BCUT2D eigenvalue weighted by Gasteiger charge is -2.33. The second-order valence-electron chi connectivity index (χ2n) is 5.31. The van der Waals surface area contributed by atoms with E-state index in [-0.39, 0.29) is 5.78 Å². The number of nitrogens with zero attached hydrogens (tertiary/aromatic N) is 2. The third-order valence-electron chi connectivity index (χ3n) is 3.39. The standard InChI is InChI=1S/C16H26N2O2/c1-7-18(12(2)11-17(4)5)14-9-8-10-15(20-6)16(14)13(3)19/h8-10,12H,7,11H2,1-6H3. The summed E-state index contributed by atoms with van der Waals surface area (Å²) in [5.74, 6) is 0.679. The van der Waals surface area contributed by atoms with Gasteiger partial charge in [0.1, 0.15) is 5.75 Å². The molecule has 0 aliphatic rings. The Morgan fingerprint density at radius 3 is 2.45 bits per heavy atom. The summed E-state index contributed by atoms with van der Waals surface area (Å²) in [6.45, 7) is 7.65. The van der Waals surface area contributed by atoms with Gasteiger partial charge in [-0.05, 0) is 47.0 Å². The van der Waals surface area contributed by atoms with Gasteiger partial charge in [-0.3, -0.25) is 4.79 Å². The van der Waals surface area contributed by atoms with Crippen LogP contribution in [0.4, 0.5) is 5.69 Å². The smallest absolute Gasteiger partial charge is 0.165 e. The Hall–Kier alpha value is -1.55. The maximum atomic E-state index is 12.0. The summed E-state index contributed by atoms with van der Waals surface area (Å²) < 4.78 is 5.34. The van der Waals surface area contributed by atoms with Crippen molar-refractivity contribution < 1.29 is 9.53 Å². The molecule has 0 amide bonds. The Morgan fingerprint density at radius 2 is 2.00 bits per heavy atom. The van der Waals surface area contributed by atoms with Gasteiger partial charge in [-0.2, -0.15) is 0 Å². The minimum absolute atomic E-state index is 0.0351. The highest BCUT2D eigenvalue weighted by Gasteiger charge is 2.21. The lowest BCUT2D eigenvalue weighted by Crippen LogP contribution is -2.40. The van der Waals surface area contributed by atoms with Gasteiger partial charge in [-0.25, -0.2) is 0 Å². The zero-order chi connectivity index (χ0) is 15.3. The zero-order valence-electron chi connectivity index (χ0n) is 13.4. The highest BCUT2D eigenvalue weighted by molar-refractivity contribution is 6.02. The molecule has 0 heterocycles. The number of methoxy groups -OCH3 is 1. The quantitative estimate of drug-likeness (QED) is 0.718. The van der Waals surface area contributed by atoms with Crippen LogP contribution in [0.5, 0.6) is 5.75 Å². The molecular weight excluding hydrogens is 252 g/mol. The summed E-state index contributed by atoms with van der Waals surface area (Å²) >= 11 is 0. The van der Waals surface area contributed by atoms with Gasteiger partial charge in [-0.1, -0.05) is 6.07 Å². The number of hydrogen-bond acceptors (Lipinski definition) is 4. The normalized spacial score (nSPS) is 12.3.